The summed E-state index contributed by atoms with van der Waals surface area (Å²) in [6, 6.07) is 7.46. The minimum absolute atomic E-state index is 0.126. The summed E-state index contributed by atoms with van der Waals surface area (Å²) < 4.78 is 0. The van der Waals surface area contributed by atoms with Crippen molar-refractivity contribution in [3.63, 3.8) is 0 Å². The third-order valence-corrected chi connectivity index (χ3v) is 2.54. The Morgan fingerprint density at radius 3 is 2.75 bits per heavy atom. The normalized spacial score (nSPS) is 10.0. The summed E-state index contributed by atoms with van der Waals surface area (Å²) in [5, 5.41) is 30.3. The van der Waals surface area contributed by atoms with Gasteiger partial charge in [-0.15, -0.1) is 0 Å². The fourth-order valence-electron chi connectivity index (χ4n) is 1.67. The van der Waals surface area contributed by atoms with Crippen molar-refractivity contribution in [1.29, 1.82) is 0 Å². The molecule has 1 heterocycles. The molecule has 2 N–H and O–H groups in total. The molecule has 0 amide bonds. The zero-order valence-corrected chi connectivity index (χ0v) is 10.2. The lowest BCUT2D eigenvalue weighted by molar-refractivity contribution is -0.384. The summed E-state index contributed by atoms with van der Waals surface area (Å²) in [6.45, 7) is 0.206. The molecule has 0 fully saturated rings. The molecular weight excluding hydrogens is 264 g/mol. The SMILES string of the molecule is O=C(O)c1cccc(NCc2cccnn2)c1[N+](=O)[O-]. The maximum absolute atomic E-state index is 11.0. The van der Waals surface area contributed by atoms with Crippen molar-refractivity contribution in [3.8, 4) is 0 Å². The van der Waals surface area contributed by atoms with E-state index in [4.69, 9.17) is 5.11 Å². The van der Waals surface area contributed by atoms with Gasteiger partial charge < -0.3 is 10.4 Å². The van der Waals surface area contributed by atoms with Gasteiger partial charge in [-0.3, -0.25) is 10.1 Å². The van der Waals surface area contributed by atoms with Gasteiger partial charge >= 0.3 is 11.7 Å². The van der Waals surface area contributed by atoms with E-state index in [0.717, 1.165) is 0 Å². The minimum Gasteiger partial charge on any atom is -0.477 e. The van der Waals surface area contributed by atoms with Crippen LogP contribution >= 0.6 is 0 Å². The molecule has 0 spiro atoms. The van der Waals surface area contributed by atoms with Gasteiger partial charge in [0.25, 0.3) is 0 Å². The van der Waals surface area contributed by atoms with E-state index in [9.17, 15) is 14.9 Å². The van der Waals surface area contributed by atoms with Crippen LogP contribution in [0.15, 0.2) is 36.5 Å². The van der Waals surface area contributed by atoms with E-state index >= 15 is 0 Å². The smallest absolute Gasteiger partial charge is 0.342 e. The molecule has 0 unspecified atom stereocenters. The zero-order chi connectivity index (χ0) is 14.5. The average molecular weight is 274 g/mol. The molecule has 1 aromatic carbocycles. The van der Waals surface area contributed by atoms with E-state index in [2.05, 4.69) is 15.5 Å². The van der Waals surface area contributed by atoms with E-state index in [1.807, 2.05) is 0 Å². The Hall–Kier alpha value is -3.03. The number of nitro groups is 1. The second kappa shape index (κ2) is 5.74. The molecule has 0 aliphatic carbocycles. The topological polar surface area (TPSA) is 118 Å². The average Bonchev–Trinajstić information content (AvgIpc) is 2.45. The van der Waals surface area contributed by atoms with Gasteiger partial charge in [0, 0.05) is 6.20 Å². The van der Waals surface area contributed by atoms with Crippen LogP contribution in [0.4, 0.5) is 11.4 Å². The van der Waals surface area contributed by atoms with Crippen molar-refractivity contribution in [3.05, 3.63) is 57.9 Å². The predicted octanol–water partition coefficient (Wildman–Crippen LogP) is 1.70. The van der Waals surface area contributed by atoms with Gasteiger partial charge in [0.05, 0.1) is 17.2 Å². The highest BCUT2D eigenvalue weighted by Crippen LogP contribution is 2.28. The van der Waals surface area contributed by atoms with Crippen molar-refractivity contribution >= 4 is 17.3 Å². The molecule has 2 rings (SSSR count). The quantitative estimate of drug-likeness (QED) is 0.629. The number of carboxylic acid groups (broad SMARTS) is 1. The summed E-state index contributed by atoms with van der Waals surface area (Å²) in [7, 11) is 0. The number of carbonyl (C=O) groups is 1. The second-order valence-electron chi connectivity index (χ2n) is 3.83. The first-order valence-electron chi connectivity index (χ1n) is 5.60. The molecule has 0 aliphatic heterocycles. The van der Waals surface area contributed by atoms with Crippen molar-refractivity contribution in [2.45, 2.75) is 6.54 Å². The molecule has 8 heteroatoms. The molecule has 20 heavy (non-hydrogen) atoms. The Kier molecular flexibility index (Phi) is 3.85. The fourth-order valence-corrected chi connectivity index (χ4v) is 1.67. The number of anilines is 1. The van der Waals surface area contributed by atoms with E-state index in [1.165, 1.54) is 24.4 Å². The number of carboxylic acids is 1. The van der Waals surface area contributed by atoms with Gasteiger partial charge in [-0.2, -0.15) is 10.2 Å². The van der Waals surface area contributed by atoms with Gasteiger partial charge in [-0.1, -0.05) is 6.07 Å². The van der Waals surface area contributed by atoms with Gasteiger partial charge in [0.2, 0.25) is 0 Å². The van der Waals surface area contributed by atoms with Crippen LogP contribution < -0.4 is 5.32 Å². The summed E-state index contributed by atoms with van der Waals surface area (Å²) in [6.07, 6.45) is 1.51. The first-order chi connectivity index (χ1) is 9.59. The molecule has 0 bridgehead atoms. The monoisotopic (exact) mass is 274 g/mol. The maximum Gasteiger partial charge on any atom is 0.342 e. The molecule has 0 saturated carbocycles. The van der Waals surface area contributed by atoms with Crippen LogP contribution in [0, 0.1) is 10.1 Å². The number of nitro benzene ring substituents is 1. The first-order valence-corrected chi connectivity index (χ1v) is 5.60. The molecule has 0 radical (unpaired) electrons. The number of hydrogen-bond acceptors (Lipinski definition) is 6. The Bertz CT molecular complexity index is 645. The van der Waals surface area contributed by atoms with Gasteiger partial charge in [-0.25, -0.2) is 4.79 Å². The largest absolute Gasteiger partial charge is 0.477 e. The number of nitrogens with zero attached hydrogens (tertiary/aromatic N) is 3. The van der Waals surface area contributed by atoms with Crippen molar-refractivity contribution in [2.75, 3.05) is 5.32 Å². The summed E-state index contributed by atoms with van der Waals surface area (Å²) in [4.78, 5) is 21.3. The standard InChI is InChI=1S/C12H10N4O4/c17-12(18)9-4-1-5-10(11(9)16(19)20)13-7-8-3-2-6-14-15-8/h1-6,13H,7H2,(H,17,18). The summed E-state index contributed by atoms with van der Waals surface area (Å²) in [5.74, 6) is -1.35. The molecule has 0 atom stereocenters. The summed E-state index contributed by atoms with van der Waals surface area (Å²) in [5.41, 5.74) is -0.119. The predicted molar refractivity (Wildman–Crippen MR) is 69.4 cm³/mol. The number of aromatic carboxylic acids is 1. The molecule has 1 aromatic heterocycles. The minimum atomic E-state index is -1.35. The lowest BCUT2D eigenvalue weighted by atomic mass is 10.1. The highest BCUT2D eigenvalue weighted by atomic mass is 16.6. The van der Waals surface area contributed by atoms with Crippen LogP contribution in [0.25, 0.3) is 0 Å². The molecule has 0 aliphatic rings. The molecule has 2 aromatic rings. The molecular formula is C12H10N4O4. The van der Waals surface area contributed by atoms with Gasteiger partial charge in [0.1, 0.15) is 11.3 Å². The van der Waals surface area contributed by atoms with Crippen molar-refractivity contribution in [1.82, 2.24) is 10.2 Å². The number of nitrogens with one attached hydrogen (secondary N) is 1. The van der Waals surface area contributed by atoms with E-state index in [0.29, 0.717) is 5.69 Å². The Labute approximate surface area is 113 Å². The number of aromatic nitrogens is 2. The van der Waals surface area contributed by atoms with Crippen LogP contribution in [0.3, 0.4) is 0 Å². The third-order valence-electron chi connectivity index (χ3n) is 2.54. The molecule has 8 nitrogen and oxygen atoms in total. The van der Waals surface area contributed by atoms with Crippen molar-refractivity contribution < 1.29 is 14.8 Å². The third kappa shape index (κ3) is 2.86. The van der Waals surface area contributed by atoms with Gasteiger partial charge in [-0.05, 0) is 24.3 Å². The highest BCUT2D eigenvalue weighted by Gasteiger charge is 2.23. The second-order valence-corrected chi connectivity index (χ2v) is 3.83. The van der Waals surface area contributed by atoms with Gasteiger partial charge in [0.15, 0.2) is 0 Å². The number of rotatable bonds is 5. The fraction of sp³-hybridized carbons (Fsp3) is 0.0833. The van der Waals surface area contributed by atoms with Crippen LogP contribution in [-0.4, -0.2) is 26.2 Å². The molecule has 0 saturated heterocycles. The number of benzene rings is 1. The maximum atomic E-state index is 11.0. The zero-order valence-electron chi connectivity index (χ0n) is 10.2. The number of para-hydroxylation sites is 1. The number of hydrogen-bond donors (Lipinski definition) is 2. The molecule has 102 valence electrons. The van der Waals surface area contributed by atoms with E-state index in [1.54, 1.807) is 12.1 Å². The van der Waals surface area contributed by atoms with E-state index < -0.39 is 16.6 Å². The van der Waals surface area contributed by atoms with Crippen LogP contribution in [-0.2, 0) is 6.54 Å². The Morgan fingerprint density at radius 2 is 2.15 bits per heavy atom. The van der Waals surface area contributed by atoms with E-state index in [-0.39, 0.29) is 17.8 Å². The van der Waals surface area contributed by atoms with Crippen LogP contribution in [0.1, 0.15) is 16.1 Å². The lowest BCUT2D eigenvalue weighted by Gasteiger charge is -2.07. The highest BCUT2D eigenvalue weighted by molar-refractivity contribution is 5.95. The van der Waals surface area contributed by atoms with Crippen LogP contribution in [0.2, 0.25) is 0 Å². The Balaban J connectivity index is 2.30. The first kappa shape index (κ1) is 13.4. The summed E-state index contributed by atoms with van der Waals surface area (Å²) >= 11 is 0. The Morgan fingerprint density at radius 1 is 1.35 bits per heavy atom. The van der Waals surface area contributed by atoms with Crippen LogP contribution in [0.5, 0.6) is 0 Å². The lowest BCUT2D eigenvalue weighted by Crippen LogP contribution is -2.08. The van der Waals surface area contributed by atoms with Crippen molar-refractivity contribution in [2.24, 2.45) is 0 Å².